The Labute approximate surface area is 98.6 Å². The van der Waals surface area contributed by atoms with E-state index in [9.17, 15) is 0 Å². The highest BCUT2D eigenvalue weighted by Gasteiger charge is 2.15. The van der Waals surface area contributed by atoms with Gasteiger partial charge in [-0.3, -0.25) is 5.41 Å². The average molecular weight is 227 g/mol. The summed E-state index contributed by atoms with van der Waals surface area (Å²) in [6, 6.07) is 0. The van der Waals surface area contributed by atoms with Crippen molar-refractivity contribution in [2.75, 3.05) is 26.7 Å². The molecule has 0 aromatic rings. The van der Waals surface area contributed by atoms with Crippen LogP contribution in [0.15, 0.2) is 0 Å². The summed E-state index contributed by atoms with van der Waals surface area (Å²) in [5, 5.41) is 7.34. The minimum Gasteiger partial charge on any atom is -0.387 e. The maximum absolute atomic E-state index is 7.34. The molecule has 1 fully saturated rings. The predicted octanol–water partition coefficient (Wildman–Crippen LogP) is 1.45. The zero-order valence-corrected chi connectivity index (χ0v) is 10.5. The van der Waals surface area contributed by atoms with Gasteiger partial charge in [-0.2, -0.15) is 0 Å². The van der Waals surface area contributed by atoms with E-state index in [0.717, 1.165) is 19.7 Å². The molecule has 3 N–H and O–H groups in total. The topological polar surface area (TPSA) is 62.3 Å². The molecular formula is C12H25N3O. The van der Waals surface area contributed by atoms with Gasteiger partial charge in [-0.15, -0.1) is 0 Å². The van der Waals surface area contributed by atoms with Gasteiger partial charge < -0.3 is 15.4 Å². The molecule has 1 heterocycles. The van der Waals surface area contributed by atoms with Crippen LogP contribution in [-0.4, -0.2) is 43.6 Å². The first kappa shape index (κ1) is 13.5. The first-order valence-electron chi connectivity index (χ1n) is 6.23. The summed E-state index contributed by atoms with van der Waals surface area (Å²) in [5.74, 6) is 0.443. The third-order valence-corrected chi connectivity index (χ3v) is 3.21. The molecule has 0 aliphatic carbocycles. The Morgan fingerprint density at radius 2 is 2.38 bits per heavy atom. The summed E-state index contributed by atoms with van der Waals surface area (Å²) >= 11 is 0. The third-order valence-electron chi connectivity index (χ3n) is 3.21. The van der Waals surface area contributed by atoms with Gasteiger partial charge in [0.1, 0.15) is 0 Å². The Morgan fingerprint density at radius 3 is 2.94 bits per heavy atom. The van der Waals surface area contributed by atoms with E-state index in [-0.39, 0.29) is 11.8 Å². The fourth-order valence-electron chi connectivity index (χ4n) is 2.12. The Bertz CT molecular complexity index is 214. The van der Waals surface area contributed by atoms with Crippen LogP contribution < -0.4 is 5.73 Å². The Kier molecular flexibility index (Phi) is 5.77. The van der Waals surface area contributed by atoms with Crippen LogP contribution in [0.5, 0.6) is 0 Å². The van der Waals surface area contributed by atoms with Crippen LogP contribution in [0.3, 0.4) is 0 Å². The van der Waals surface area contributed by atoms with Crippen LogP contribution >= 0.6 is 0 Å². The standard InChI is InChI=1S/C12H25N3O/c1-10(12(13)14)9-15(2)7-3-5-11-6-4-8-16-11/h10-11H,3-9H2,1-2H3,(H3,13,14). The molecule has 0 saturated carbocycles. The lowest BCUT2D eigenvalue weighted by molar-refractivity contribution is 0.0995. The molecule has 0 amide bonds. The van der Waals surface area contributed by atoms with Gasteiger partial charge in [-0.25, -0.2) is 0 Å². The van der Waals surface area contributed by atoms with Gasteiger partial charge in [-0.05, 0) is 39.3 Å². The van der Waals surface area contributed by atoms with Crippen molar-refractivity contribution >= 4 is 5.84 Å². The zero-order valence-electron chi connectivity index (χ0n) is 10.5. The number of rotatable bonds is 7. The molecule has 1 rings (SSSR count). The summed E-state index contributed by atoms with van der Waals surface area (Å²) in [6.45, 7) is 4.89. The van der Waals surface area contributed by atoms with Gasteiger partial charge in [-0.1, -0.05) is 6.92 Å². The van der Waals surface area contributed by atoms with E-state index in [1.165, 1.54) is 25.7 Å². The summed E-state index contributed by atoms with van der Waals surface area (Å²) in [4.78, 5) is 2.25. The number of ether oxygens (including phenoxy) is 1. The number of nitrogens with zero attached hydrogens (tertiary/aromatic N) is 1. The quantitative estimate of drug-likeness (QED) is 0.511. The third kappa shape index (κ3) is 4.94. The second kappa shape index (κ2) is 6.86. The van der Waals surface area contributed by atoms with Crippen molar-refractivity contribution in [1.82, 2.24) is 4.90 Å². The normalized spacial score (nSPS) is 22.6. The molecule has 4 nitrogen and oxygen atoms in total. The van der Waals surface area contributed by atoms with E-state index in [1.54, 1.807) is 0 Å². The number of hydrogen-bond acceptors (Lipinski definition) is 3. The highest BCUT2D eigenvalue weighted by Crippen LogP contribution is 2.16. The Morgan fingerprint density at radius 1 is 1.62 bits per heavy atom. The second-order valence-corrected chi connectivity index (χ2v) is 4.90. The first-order valence-corrected chi connectivity index (χ1v) is 6.23. The minimum absolute atomic E-state index is 0.160. The Balaban J connectivity index is 2.05. The van der Waals surface area contributed by atoms with Gasteiger partial charge in [0, 0.05) is 19.1 Å². The van der Waals surface area contributed by atoms with Crippen LogP contribution in [0.1, 0.15) is 32.6 Å². The van der Waals surface area contributed by atoms with Crippen LogP contribution in [0.25, 0.3) is 0 Å². The monoisotopic (exact) mass is 227 g/mol. The lowest BCUT2D eigenvalue weighted by Gasteiger charge is -2.21. The molecule has 2 unspecified atom stereocenters. The summed E-state index contributed by atoms with van der Waals surface area (Å²) in [7, 11) is 2.09. The lowest BCUT2D eigenvalue weighted by atomic mass is 10.1. The number of amidine groups is 1. The largest absolute Gasteiger partial charge is 0.387 e. The summed E-state index contributed by atoms with van der Waals surface area (Å²) in [6.07, 6.45) is 5.29. The van der Waals surface area contributed by atoms with Gasteiger partial charge in [0.2, 0.25) is 0 Å². The summed E-state index contributed by atoms with van der Waals surface area (Å²) < 4.78 is 5.58. The second-order valence-electron chi connectivity index (χ2n) is 4.90. The molecule has 1 aliphatic rings. The van der Waals surface area contributed by atoms with Gasteiger partial charge in [0.15, 0.2) is 0 Å². The molecule has 0 spiro atoms. The molecule has 2 atom stereocenters. The molecule has 16 heavy (non-hydrogen) atoms. The lowest BCUT2D eigenvalue weighted by Crippen LogP contribution is -2.32. The first-order chi connectivity index (χ1) is 7.59. The summed E-state index contributed by atoms with van der Waals surface area (Å²) in [5.41, 5.74) is 5.45. The van der Waals surface area contributed by atoms with Crippen molar-refractivity contribution in [2.24, 2.45) is 11.7 Å². The zero-order chi connectivity index (χ0) is 12.0. The van der Waals surface area contributed by atoms with Crippen molar-refractivity contribution in [3.63, 3.8) is 0 Å². The average Bonchev–Trinajstić information content (AvgIpc) is 2.70. The maximum atomic E-state index is 7.34. The molecule has 1 saturated heterocycles. The van der Waals surface area contributed by atoms with Crippen molar-refractivity contribution < 1.29 is 4.74 Å². The maximum Gasteiger partial charge on any atom is 0.0947 e. The van der Waals surface area contributed by atoms with Crippen LogP contribution in [0, 0.1) is 11.3 Å². The molecule has 94 valence electrons. The van der Waals surface area contributed by atoms with E-state index in [2.05, 4.69) is 11.9 Å². The van der Waals surface area contributed by atoms with E-state index < -0.39 is 0 Å². The predicted molar refractivity (Wildman–Crippen MR) is 66.8 cm³/mol. The van der Waals surface area contributed by atoms with Crippen molar-refractivity contribution in [3.8, 4) is 0 Å². The molecule has 0 aromatic heterocycles. The minimum atomic E-state index is 0.160. The highest BCUT2D eigenvalue weighted by atomic mass is 16.5. The highest BCUT2D eigenvalue weighted by molar-refractivity contribution is 5.79. The SMILES string of the molecule is CC(CN(C)CCCC1CCCO1)C(=N)N. The van der Waals surface area contributed by atoms with E-state index in [0.29, 0.717) is 6.10 Å². The molecule has 4 heteroatoms. The van der Waals surface area contributed by atoms with E-state index >= 15 is 0 Å². The van der Waals surface area contributed by atoms with Crippen molar-refractivity contribution in [3.05, 3.63) is 0 Å². The molecule has 0 radical (unpaired) electrons. The van der Waals surface area contributed by atoms with Crippen molar-refractivity contribution in [2.45, 2.75) is 38.7 Å². The molecule has 0 aromatic carbocycles. The van der Waals surface area contributed by atoms with Gasteiger partial charge >= 0.3 is 0 Å². The number of hydrogen-bond donors (Lipinski definition) is 2. The fraction of sp³-hybridized carbons (Fsp3) is 0.917. The van der Waals surface area contributed by atoms with Crippen LogP contribution in [0.2, 0.25) is 0 Å². The van der Waals surface area contributed by atoms with E-state index in [4.69, 9.17) is 15.9 Å². The van der Waals surface area contributed by atoms with Gasteiger partial charge in [0.25, 0.3) is 0 Å². The number of nitrogens with one attached hydrogen (secondary N) is 1. The van der Waals surface area contributed by atoms with Crippen LogP contribution in [-0.2, 0) is 4.74 Å². The van der Waals surface area contributed by atoms with Crippen LogP contribution in [0.4, 0.5) is 0 Å². The number of nitrogens with two attached hydrogens (primary N) is 1. The fourth-order valence-corrected chi connectivity index (χ4v) is 2.12. The molecular weight excluding hydrogens is 202 g/mol. The van der Waals surface area contributed by atoms with E-state index in [1.807, 2.05) is 6.92 Å². The van der Waals surface area contributed by atoms with Gasteiger partial charge in [0.05, 0.1) is 11.9 Å². The van der Waals surface area contributed by atoms with Crippen molar-refractivity contribution in [1.29, 1.82) is 5.41 Å². The molecule has 0 bridgehead atoms. The Hall–Kier alpha value is -0.610. The smallest absolute Gasteiger partial charge is 0.0947 e. The molecule has 1 aliphatic heterocycles.